The van der Waals surface area contributed by atoms with Gasteiger partial charge in [-0.25, -0.2) is 4.79 Å². The number of amides is 1. The van der Waals surface area contributed by atoms with Crippen LogP contribution in [0, 0.1) is 0 Å². The van der Waals surface area contributed by atoms with Gasteiger partial charge in [-0.15, -0.1) is 0 Å². The first-order valence-electron chi connectivity index (χ1n) is 8.27. The number of anilines is 1. The van der Waals surface area contributed by atoms with Crippen LogP contribution in [-0.2, 0) is 16.1 Å². The van der Waals surface area contributed by atoms with Gasteiger partial charge < -0.3 is 10.1 Å². The average Bonchev–Trinajstić information content (AvgIpc) is 2.55. The lowest BCUT2D eigenvalue weighted by Gasteiger charge is -2.16. The Bertz CT molecular complexity index is 697. The number of nitrogens with zero attached hydrogens (tertiary/aromatic N) is 1. The van der Waals surface area contributed by atoms with Crippen molar-refractivity contribution >= 4 is 17.6 Å². The van der Waals surface area contributed by atoms with Gasteiger partial charge in [0, 0.05) is 12.2 Å². The van der Waals surface area contributed by atoms with Gasteiger partial charge in [-0.1, -0.05) is 30.3 Å². The van der Waals surface area contributed by atoms with Crippen molar-refractivity contribution < 1.29 is 14.3 Å². The number of hydrogen-bond donors (Lipinski definition) is 1. The van der Waals surface area contributed by atoms with Crippen LogP contribution >= 0.6 is 0 Å². The molecule has 1 amide bonds. The number of hydrogen-bond acceptors (Lipinski definition) is 4. The molecule has 5 heteroatoms. The zero-order valence-electron chi connectivity index (χ0n) is 14.9. The number of carbonyl (C=O) groups is 2. The largest absolute Gasteiger partial charge is 0.459 e. The van der Waals surface area contributed by atoms with Gasteiger partial charge in [-0.3, -0.25) is 9.69 Å². The van der Waals surface area contributed by atoms with Gasteiger partial charge in [0.1, 0.15) is 0 Å². The molecule has 0 spiro atoms. The van der Waals surface area contributed by atoms with Crippen molar-refractivity contribution in [2.24, 2.45) is 0 Å². The van der Waals surface area contributed by atoms with E-state index in [1.807, 2.05) is 42.3 Å². The van der Waals surface area contributed by atoms with E-state index in [1.54, 1.807) is 38.1 Å². The molecule has 0 aliphatic carbocycles. The molecular formula is C20H24N2O3. The van der Waals surface area contributed by atoms with Crippen molar-refractivity contribution in [1.29, 1.82) is 0 Å². The van der Waals surface area contributed by atoms with Crippen LogP contribution in [0.15, 0.2) is 54.6 Å². The number of benzene rings is 2. The number of carbonyl (C=O) groups excluding carboxylic acids is 2. The summed E-state index contributed by atoms with van der Waals surface area (Å²) in [4.78, 5) is 25.9. The number of likely N-dealkylation sites (N-methyl/N-ethyl adjacent to an activating group) is 1. The summed E-state index contributed by atoms with van der Waals surface area (Å²) in [7, 11) is 1.90. The van der Waals surface area contributed by atoms with Gasteiger partial charge in [0.15, 0.2) is 0 Å². The zero-order valence-corrected chi connectivity index (χ0v) is 14.9. The predicted octanol–water partition coefficient (Wildman–Crippen LogP) is 3.32. The number of nitrogens with one attached hydrogen (secondary N) is 1. The van der Waals surface area contributed by atoms with Gasteiger partial charge in [-0.05, 0) is 50.7 Å². The van der Waals surface area contributed by atoms with Crippen molar-refractivity contribution in [3.8, 4) is 0 Å². The van der Waals surface area contributed by atoms with Crippen LogP contribution in [0.3, 0.4) is 0 Å². The molecule has 0 aromatic heterocycles. The SMILES string of the molecule is CC(C)OC(=O)c1ccc(NC(=O)CN(C)Cc2ccccc2)cc1. The molecule has 0 aliphatic rings. The van der Waals surface area contributed by atoms with Gasteiger partial charge >= 0.3 is 5.97 Å². The topological polar surface area (TPSA) is 58.6 Å². The highest BCUT2D eigenvalue weighted by Gasteiger charge is 2.10. The highest BCUT2D eigenvalue weighted by molar-refractivity contribution is 5.94. The summed E-state index contributed by atoms with van der Waals surface area (Å²) in [6.45, 7) is 4.59. The third-order valence-corrected chi connectivity index (χ3v) is 3.46. The molecule has 2 rings (SSSR count). The maximum atomic E-state index is 12.1. The Kier molecular flexibility index (Phi) is 6.71. The molecule has 132 valence electrons. The fraction of sp³-hybridized carbons (Fsp3) is 0.300. The molecular weight excluding hydrogens is 316 g/mol. The molecule has 2 aromatic carbocycles. The van der Waals surface area contributed by atoms with Crippen LogP contribution in [-0.4, -0.2) is 36.5 Å². The first-order chi connectivity index (χ1) is 11.9. The second-order valence-corrected chi connectivity index (χ2v) is 6.24. The Balaban J connectivity index is 1.84. The Morgan fingerprint density at radius 3 is 2.28 bits per heavy atom. The molecule has 2 aromatic rings. The van der Waals surface area contributed by atoms with Gasteiger partial charge in [0.2, 0.25) is 5.91 Å². The summed E-state index contributed by atoms with van der Waals surface area (Å²) in [5.41, 5.74) is 2.28. The number of rotatable bonds is 7. The summed E-state index contributed by atoms with van der Waals surface area (Å²) in [5.74, 6) is -0.466. The van der Waals surface area contributed by atoms with Crippen LogP contribution in [0.1, 0.15) is 29.8 Å². The maximum Gasteiger partial charge on any atom is 0.338 e. The summed E-state index contributed by atoms with van der Waals surface area (Å²) >= 11 is 0. The lowest BCUT2D eigenvalue weighted by atomic mass is 10.2. The molecule has 25 heavy (non-hydrogen) atoms. The van der Waals surface area contributed by atoms with Gasteiger partial charge in [0.05, 0.1) is 18.2 Å². The molecule has 0 atom stereocenters. The fourth-order valence-electron chi connectivity index (χ4n) is 2.37. The Hall–Kier alpha value is -2.66. The minimum atomic E-state index is -0.365. The van der Waals surface area contributed by atoms with E-state index in [2.05, 4.69) is 5.32 Å². The van der Waals surface area contributed by atoms with Crippen molar-refractivity contribution in [2.75, 3.05) is 18.9 Å². The smallest absolute Gasteiger partial charge is 0.338 e. The molecule has 0 saturated carbocycles. The molecule has 0 aliphatic heterocycles. The van der Waals surface area contributed by atoms with E-state index in [9.17, 15) is 9.59 Å². The standard InChI is InChI=1S/C20H24N2O3/c1-15(2)25-20(24)17-9-11-18(12-10-17)21-19(23)14-22(3)13-16-7-5-4-6-8-16/h4-12,15H,13-14H2,1-3H3,(H,21,23). The molecule has 1 N–H and O–H groups in total. The summed E-state index contributed by atoms with van der Waals surface area (Å²) < 4.78 is 5.13. The Morgan fingerprint density at radius 1 is 1.04 bits per heavy atom. The lowest BCUT2D eigenvalue weighted by molar-refractivity contribution is -0.117. The third-order valence-electron chi connectivity index (χ3n) is 3.46. The molecule has 0 bridgehead atoms. The Morgan fingerprint density at radius 2 is 1.68 bits per heavy atom. The van der Waals surface area contributed by atoms with Crippen LogP contribution in [0.2, 0.25) is 0 Å². The summed E-state index contributed by atoms with van der Waals surface area (Å²) in [6, 6.07) is 16.7. The van der Waals surface area contributed by atoms with Crippen molar-refractivity contribution in [2.45, 2.75) is 26.5 Å². The highest BCUT2D eigenvalue weighted by atomic mass is 16.5. The van der Waals surface area contributed by atoms with E-state index in [1.165, 1.54) is 0 Å². The highest BCUT2D eigenvalue weighted by Crippen LogP contribution is 2.11. The van der Waals surface area contributed by atoms with Crippen LogP contribution in [0.25, 0.3) is 0 Å². The van der Waals surface area contributed by atoms with E-state index in [-0.39, 0.29) is 24.5 Å². The monoisotopic (exact) mass is 340 g/mol. The van der Waals surface area contributed by atoms with Crippen molar-refractivity contribution in [1.82, 2.24) is 4.90 Å². The molecule has 0 saturated heterocycles. The first kappa shape index (κ1) is 18.7. The van der Waals surface area contributed by atoms with Crippen molar-refractivity contribution in [3.63, 3.8) is 0 Å². The van der Waals surface area contributed by atoms with Crippen LogP contribution in [0.5, 0.6) is 0 Å². The van der Waals surface area contributed by atoms with E-state index >= 15 is 0 Å². The van der Waals surface area contributed by atoms with E-state index in [4.69, 9.17) is 4.74 Å². The molecule has 0 heterocycles. The molecule has 5 nitrogen and oxygen atoms in total. The normalized spacial score (nSPS) is 10.8. The molecule has 0 fully saturated rings. The van der Waals surface area contributed by atoms with Crippen molar-refractivity contribution in [3.05, 3.63) is 65.7 Å². The second kappa shape index (κ2) is 8.99. The first-order valence-corrected chi connectivity index (χ1v) is 8.27. The number of ether oxygens (including phenoxy) is 1. The summed E-state index contributed by atoms with van der Waals surface area (Å²) in [5, 5.41) is 2.83. The third kappa shape index (κ3) is 6.39. The predicted molar refractivity (Wildman–Crippen MR) is 98.4 cm³/mol. The number of esters is 1. The van der Waals surface area contributed by atoms with E-state index in [0.717, 1.165) is 5.56 Å². The van der Waals surface area contributed by atoms with E-state index < -0.39 is 0 Å². The quantitative estimate of drug-likeness (QED) is 0.786. The van der Waals surface area contributed by atoms with E-state index in [0.29, 0.717) is 17.8 Å². The fourth-order valence-corrected chi connectivity index (χ4v) is 2.37. The minimum Gasteiger partial charge on any atom is -0.459 e. The van der Waals surface area contributed by atoms with Gasteiger partial charge in [0.25, 0.3) is 0 Å². The summed E-state index contributed by atoms with van der Waals surface area (Å²) in [6.07, 6.45) is -0.160. The van der Waals surface area contributed by atoms with Crippen LogP contribution in [0.4, 0.5) is 5.69 Å². The molecule has 0 radical (unpaired) electrons. The van der Waals surface area contributed by atoms with Gasteiger partial charge in [-0.2, -0.15) is 0 Å². The lowest BCUT2D eigenvalue weighted by Crippen LogP contribution is -2.29. The Labute approximate surface area is 148 Å². The maximum absolute atomic E-state index is 12.1. The van der Waals surface area contributed by atoms with Crippen LogP contribution < -0.4 is 5.32 Å². The minimum absolute atomic E-state index is 0.101. The average molecular weight is 340 g/mol. The second-order valence-electron chi connectivity index (χ2n) is 6.24. The molecule has 0 unspecified atom stereocenters. The zero-order chi connectivity index (χ0) is 18.2.